The maximum atomic E-state index is 11.6. The van der Waals surface area contributed by atoms with Gasteiger partial charge in [-0.2, -0.15) is 0 Å². The number of rotatable bonds is 7. The van der Waals surface area contributed by atoms with Crippen molar-refractivity contribution in [2.75, 3.05) is 33.4 Å². The third-order valence-corrected chi connectivity index (χ3v) is 6.43. The quantitative estimate of drug-likeness (QED) is 0.747. The Balaban J connectivity index is 1.47. The first kappa shape index (κ1) is 20.1. The van der Waals surface area contributed by atoms with Crippen molar-refractivity contribution in [2.45, 2.75) is 31.9 Å². The van der Waals surface area contributed by atoms with Crippen molar-refractivity contribution in [1.82, 2.24) is 9.88 Å². The van der Waals surface area contributed by atoms with Gasteiger partial charge < -0.3 is 19.7 Å². The summed E-state index contributed by atoms with van der Waals surface area (Å²) < 4.78 is 11.0. The molecule has 2 aromatic rings. The Morgan fingerprint density at radius 3 is 2.86 bits per heavy atom. The fourth-order valence-corrected chi connectivity index (χ4v) is 5.09. The SMILES string of the molecule is COc1cc(CN2C[C@@H]3CC[C@@](O)(c4ncccc4C)[C@@H]3C2)ccc1OCCO. The Bertz CT molecular complexity index is 859. The number of aryl methyl sites for hydroxylation is 1. The molecule has 6 heteroatoms. The predicted octanol–water partition coefficient (Wildman–Crippen LogP) is 2.50. The zero-order valence-corrected chi connectivity index (χ0v) is 17.2. The Morgan fingerprint density at radius 2 is 2.10 bits per heavy atom. The highest BCUT2D eigenvalue weighted by molar-refractivity contribution is 5.43. The van der Waals surface area contributed by atoms with Gasteiger partial charge in [0.25, 0.3) is 0 Å². The molecule has 0 radical (unpaired) electrons. The standard InChI is InChI=1S/C23H30N2O4/c1-16-4-3-9-24-22(16)23(27)8-7-18-14-25(15-19(18)23)13-17-5-6-20(29-11-10-26)21(12-17)28-2/h3-6,9,12,18-19,26-27H,7-8,10-11,13-15H2,1-2H3/t18-,19+,23-/m0/s1. The van der Waals surface area contributed by atoms with E-state index in [9.17, 15) is 5.11 Å². The largest absolute Gasteiger partial charge is 0.493 e. The van der Waals surface area contributed by atoms with Crippen molar-refractivity contribution in [3.63, 3.8) is 0 Å². The Hall–Kier alpha value is -2.15. The van der Waals surface area contributed by atoms with Crippen LogP contribution < -0.4 is 9.47 Å². The summed E-state index contributed by atoms with van der Waals surface area (Å²) in [5, 5.41) is 20.5. The molecule has 0 bridgehead atoms. The second-order valence-corrected chi connectivity index (χ2v) is 8.25. The number of hydrogen-bond donors (Lipinski definition) is 2. The minimum atomic E-state index is -0.829. The summed E-state index contributed by atoms with van der Waals surface area (Å²) >= 11 is 0. The molecular weight excluding hydrogens is 368 g/mol. The molecule has 1 aliphatic carbocycles. The number of fused-ring (bicyclic) bond motifs is 1. The van der Waals surface area contributed by atoms with E-state index in [1.165, 1.54) is 0 Å². The third kappa shape index (κ3) is 3.84. The van der Waals surface area contributed by atoms with E-state index >= 15 is 0 Å². The smallest absolute Gasteiger partial charge is 0.161 e. The zero-order valence-electron chi connectivity index (χ0n) is 17.2. The summed E-state index contributed by atoms with van der Waals surface area (Å²) in [4.78, 5) is 6.96. The number of hydrogen-bond acceptors (Lipinski definition) is 6. The molecule has 0 spiro atoms. The lowest BCUT2D eigenvalue weighted by molar-refractivity contribution is -0.0114. The molecule has 1 aromatic heterocycles. The van der Waals surface area contributed by atoms with E-state index in [-0.39, 0.29) is 19.1 Å². The van der Waals surface area contributed by atoms with Crippen LogP contribution in [0, 0.1) is 18.8 Å². The normalized spacial score (nSPS) is 26.5. The number of aliphatic hydroxyl groups is 2. The number of aliphatic hydroxyl groups excluding tert-OH is 1. The first-order valence-corrected chi connectivity index (χ1v) is 10.3. The van der Waals surface area contributed by atoms with Crippen LogP contribution >= 0.6 is 0 Å². The molecular formula is C23H30N2O4. The van der Waals surface area contributed by atoms with E-state index in [2.05, 4.69) is 9.88 Å². The van der Waals surface area contributed by atoms with Crippen molar-refractivity contribution in [2.24, 2.45) is 11.8 Å². The number of nitrogens with zero attached hydrogens (tertiary/aromatic N) is 2. The predicted molar refractivity (Wildman–Crippen MR) is 110 cm³/mol. The lowest BCUT2D eigenvalue weighted by Crippen LogP contribution is -2.36. The lowest BCUT2D eigenvalue weighted by Gasteiger charge is -2.31. The summed E-state index contributed by atoms with van der Waals surface area (Å²) in [6.45, 7) is 4.91. The first-order chi connectivity index (χ1) is 14.0. The molecule has 1 aliphatic heterocycles. The van der Waals surface area contributed by atoms with Crippen molar-refractivity contribution in [3.8, 4) is 11.5 Å². The number of methoxy groups -OCH3 is 1. The molecule has 2 N–H and O–H groups in total. The van der Waals surface area contributed by atoms with E-state index in [0.717, 1.165) is 49.3 Å². The van der Waals surface area contributed by atoms with E-state index in [0.29, 0.717) is 17.4 Å². The summed E-state index contributed by atoms with van der Waals surface area (Å²) in [5.41, 5.74) is 2.24. The monoisotopic (exact) mass is 398 g/mol. The molecule has 4 rings (SSSR count). The second-order valence-electron chi connectivity index (χ2n) is 8.25. The minimum Gasteiger partial charge on any atom is -0.493 e. The maximum absolute atomic E-state index is 11.6. The summed E-state index contributed by atoms with van der Waals surface area (Å²) in [7, 11) is 1.63. The highest BCUT2D eigenvalue weighted by Gasteiger charge is 2.53. The van der Waals surface area contributed by atoms with Crippen molar-refractivity contribution < 1.29 is 19.7 Å². The number of aromatic nitrogens is 1. The number of pyridine rings is 1. The molecule has 0 amide bonds. The minimum absolute atomic E-state index is 0.0277. The Kier molecular flexibility index (Phi) is 5.76. The Labute approximate surface area is 172 Å². The van der Waals surface area contributed by atoms with Gasteiger partial charge in [-0.3, -0.25) is 9.88 Å². The Morgan fingerprint density at radius 1 is 1.24 bits per heavy atom. The number of ether oxygens (including phenoxy) is 2. The molecule has 1 saturated carbocycles. The van der Waals surface area contributed by atoms with Crippen LogP contribution in [-0.4, -0.2) is 53.5 Å². The van der Waals surface area contributed by atoms with Gasteiger partial charge in [-0.15, -0.1) is 0 Å². The van der Waals surface area contributed by atoms with Crippen LogP contribution in [0.4, 0.5) is 0 Å². The van der Waals surface area contributed by atoms with E-state index in [1.807, 2.05) is 37.3 Å². The highest BCUT2D eigenvalue weighted by atomic mass is 16.5. The third-order valence-electron chi connectivity index (χ3n) is 6.43. The average Bonchev–Trinajstić information content (AvgIpc) is 3.27. The van der Waals surface area contributed by atoms with Crippen molar-refractivity contribution in [3.05, 3.63) is 53.3 Å². The van der Waals surface area contributed by atoms with Crippen LogP contribution in [0.1, 0.15) is 29.7 Å². The second kappa shape index (κ2) is 8.30. The highest BCUT2D eigenvalue weighted by Crippen LogP contribution is 2.50. The molecule has 6 nitrogen and oxygen atoms in total. The van der Waals surface area contributed by atoms with Crippen LogP contribution in [-0.2, 0) is 12.1 Å². The van der Waals surface area contributed by atoms with Crippen LogP contribution in [0.2, 0.25) is 0 Å². The van der Waals surface area contributed by atoms with Gasteiger partial charge in [0, 0.05) is 31.7 Å². The van der Waals surface area contributed by atoms with E-state index in [4.69, 9.17) is 14.6 Å². The van der Waals surface area contributed by atoms with Crippen molar-refractivity contribution in [1.29, 1.82) is 0 Å². The average molecular weight is 399 g/mol. The molecule has 0 unspecified atom stereocenters. The molecule has 2 fully saturated rings. The van der Waals surface area contributed by atoms with E-state index in [1.54, 1.807) is 13.3 Å². The van der Waals surface area contributed by atoms with Crippen LogP contribution in [0.3, 0.4) is 0 Å². The van der Waals surface area contributed by atoms with Gasteiger partial charge in [0.1, 0.15) is 12.2 Å². The molecule has 2 aliphatic rings. The van der Waals surface area contributed by atoms with Gasteiger partial charge in [0.05, 0.1) is 19.4 Å². The van der Waals surface area contributed by atoms with Crippen LogP contribution in [0.5, 0.6) is 11.5 Å². The van der Waals surface area contributed by atoms with Gasteiger partial charge in [0.2, 0.25) is 0 Å². The molecule has 3 atom stereocenters. The van der Waals surface area contributed by atoms with Gasteiger partial charge in [0.15, 0.2) is 11.5 Å². The molecule has 156 valence electrons. The topological polar surface area (TPSA) is 75.1 Å². The number of likely N-dealkylation sites (tertiary alicyclic amines) is 1. The molecule has 1 saturated heterocycles. The van der Waals surface area contributed by atoms with Crippen LogP contribution in [0.15, 0.2) is 36.5 Å². The maximum Gasteiger partial charge on any atom is 0.161 e. The fraction of sp³-hybridized carbons (Fsp3) is 0.522. The summed E-state index contributed by atoms with van der Waals surface area (Å²) in [6.07, 6.45) is 3.61. The molecule has 29 heavy (non-hydrogen) atoms. The van der Waals surface area contributed by atoms with Crippen molar-refractivity contribution >= 4 is 0 Å². The van der Waals surface area contributed by atoms with Crippen LogP contribution in [0.25, 0.3) is 0 Å². The fourth-order valence-electron chi connectivity index (χ4n) is 5.09. The lowest BCUT2D eigenvalue weighted by atomic mass is 9.83. The van der Waals surface area contributed by atoms with E-state index < -0.39 is 5.60 Å². The number of benzene rings is 1. The summed E-state index contributed by atoms with van der Waals surface area (Å²) in [5.74, 6) is 2.03. The van der Waals surface area contributed by atoms with Gasteiger partial charge >= 0.3 is 0 Å². The van der Waals surface area contributed by atoms with Gasteiger partial charge in [-0.25, -0.2) is 0 Å². The van der Waals surface area contributed by atoms with Gasteiger partial charge in [-0.05, 0) is 55.0 Å². The molecule has 1 aromatic carbocycles. The summed E-state index contributed by atoms with van der Waals surface area (Å²) in [6, 6.07) is 9.90. The first-order valence-electron chi connectivity index (χ1n) is 10.3. The van der Waals surface area contributed by atoms with Gasteiger partial charge in [-0.1, -0.05) is 12.1 Å². The zero-order chi connectivity index (χ0) is 20.4. The molecule has 2 heterocycles.